The highest BCUT2D eigenvalue weighted by Gasteiger charge is 2.45. The van der Waals surface area contributed by atoms with Crippen molar-refractivity contribution in [1.29, 1.82) is 5.26 Å². The number of imide groups is 1. The fourth-order valence-corrected chi connectivity index (χ4v) is 3.69. The summed E-state index contributed by atoms with van der Waals surface area (Å²) in [5.74, 6) is -2.42. The molecule has 8 heteroatoms. The van der Waals surface area contributed by atoms with Crippen molar-refractivity contribution in [3.63, 3.8) is 0 Å². The van der Waals surface area contributed by atoms with Gasteiger partial charge >= 0.3 is 5.97 Å². The first-order valence-corrected chi connectivity index (χ1v) is 10.0. The third-order valence-electron chi connectivity index (χ3n) is 5.47. The first-order chi connectivity index (χ1) is 14.2. The SMILES string of the molecule is CC(C)C[C@H](C(=O)OCC(=O)N[C@@](C)(C#N)C1CC1)N1C(=O)c2ccccc2C1=O. The fourth-order valence-electron chi connectivity index (χ4n) is 3.69. The Bertz CT molecular complexity index is 896. The third kappa shape index (κ3) is 4.20. The lowest BCUT2D eigenvalue weighted by Gasteiger charge is -2.26. The zero-order valence-corrected chi connectivity index (χ0v) is 17.3. The minimum atomic E-state index is -1.13. The van der Waals surface area contributed by atoms with Crippen LogP contribution in [0.25, 0.3) is 0 Å². The summed E-state index contributed by atoms with van der Waals surface area (Å²) in [7, 11) is 0. The molecule has 3 rings (SSSR count). The Morgan fingerprint density at radius 3 is 2.27 bits per heavy atom. The van der Waals surface area contributed by atoms with Gasteiger partial charge in [-0.25, -0.2) is 4.79 Å². The Hall–Kier alpha value is -3.21. The highest BCUT2D eigenvalue weighted by Crippen LogP contribution is 2.39. The van der Waals surface area contributed by atoms with Gasteiger partial charge < -0.3 is 10.1 Å². The third-order valence-corrected chi connectivity index (χ3v) is 5.47. The van der Waals surface area contributed by atoms with Crippen LogP contribution in [-0.4, -0.2) is 46.8 Å². The largest absolute Gasteiger partial charge is 0.454 e. The van der Waals surface area contributed by atoms with E-state index in [2.05, 4.69) is 11.4 Å². The average molecular weight is 411 g/mol. The number of carbonyl (C=O) groups is 4. The van der Waals surface area contributed by atoms with E-state index >= 15 is 0 Å². The summed E-state index contributed by atoms with van der Waals surface area (Å²) in [6, 6.07) is 7.37. The smallest absolute Gasteiger partial charge is 0.329 e. The Morgan fingerprint density at radius 1 is 1.23 bits per heavy atom. The van der Waals surface area contributed by atoms with Crippen LogP contribution >= 0.6 is 0 Å². The van der Waals surface area contributed by atoms with E-state index in [-0.39, 0.29) is 29.4 Å². The minimum absolute atomic E-state index is 0.00237. The molecular weight excluding hydrogens is 386 g/mol. The molecular formula is C22H25N3O5. The number of amides is 3. The van der Waals surface area contributed by atoms with Gasteiger partial charge in [-0.05, 0) is 50.2 Å². The van der Waals surface area contributed by atoms with Crippen LogP contribution in [0.4, 0.5) is 0 Å². The molecule has 1 N–H and O–H groups in total. The Labute approximate surface area is 175 Å². The van der Waals surface area contributed by atoms with Gasteiger partial charge in [0.2, 0.25) is 0 Å². The first kappa shape index (κ1) is 21.5. The molecule has 1 fully saturated rings. The summed E-state index contributed by atoms with van der Waals surface area (Å²) >= 11 is 0. The van der Waals surface area contributed by atoms with Gasteiger partial charge in [0.1, 0.15) is 11.6 Å². The summed E-state index contributed by atoms with van der Waals surface area (Å²) in [5, 5.41) is 12.0. The maximum Gasteiger partial charge on any atom is 0.329 e. The molecule has 3 amide bonds. The molecule has 2 atom stereocenters. The van der Waals surface area contributed by atoms with Crippen molar-refractivity contribution in [2.24, 2.45) is 11.8 Å². The van der Waals surface area contributed by atoms with Gasteiger partial charge in [0.15, 0.2) is 6.61 Å². The van der Waals surface area contributed by atoms with Crippen molar-refractivity contribution >= 4 is 23.7 Å². The average Bonchev–Trinajstić information content (AvgIpc) is 3.53. The van der Waals surface area contributed by atoms with Crippen molar-refractivity contribution in [2.75, 3.05) is 6.61 Å². The van der Waals surface area contributed by atoms with E-state index < -0.39 is 41.9 Å². The molecule has 2 aliphatic rings. The van der Waals surface area contributed by atoms with Crippen molar-refractivity contribution in [3.05, 3.63) is 35.4 Å². The number of benzene rings is 1. The molecule has 1 aromatic rings. The lowest BCUT2D eigenvalue weighted by Crippen LogP contribution is -2.50. The molecule has 1 aromatic carbocycles. The van der Waals surface area contributed by atoms with E-state index in [1.165, 1.54) is 0 Å². The lowest BCUT2D eigenvalue weighted by molar-refractivity contribution is -0.153. The zero-order valence-electron chi connectivity index (χ0n) is 17.3. The summed E-state index contributed by atoms with van der Waals surface area (Å²) < 4.78 is 5.16. The normalized spacial score (nSPS) is 18.4. The second-order valence-corrected chi connectivity index (χ2v) is 8.42. The Morgan fingerprint density at radius 2 is 1.80 bits per heavy atom. The van der Waals surface area contributed by atoms with Crippen LogP contribution in [0, 0.1) is 23.2 Å². The molecule has 0 spiro atoms. The van der Waals surface area contributed by atoms with E-state index in [4.69, 9.17) is 4.74 Å². The lowest BCUT2D eigenvalue weighted by atomic mass is 9.98. The topological polar surface area (TPSA) is 117 Å². The predicted molar refractivity (Wildman–Crippen MR) is 106 cm³/mol. The van der Waals surface area contributed by atoms with Gasteiger partial charge in [-0.3, -0.25) is 19.3 Å². The molecule has 30 heavy (non-hydrogen) atoms. The summed E-state index contributed by atoms with van der Waals surface area (Å²) in [5.41, 5.74) is -0.504. The number of nitrogens with zero attached hydrogens (tertiary/aromatic N) is 2. The summed E-state index contributed by atoms with van der Waals surface area (Å²) in [4.78, 5) is 51.5. The molecule has 0 aromatic heterocycles. The second-order valence-electron chi connectivity index (χ2n) is 8.42. The van der Waals surface area contributed by atoms with Gasteiger partial charge in [0, 0.05) is 0 Å². The molecule has 0 unspecified atom stereocenters. The summed E-state index contributed by atoms with van der Waals surface area (Å²) in [6.45, 7) is 4.78. The first-order valence-electron chi connectivity index (χ1n) is 10.0. The van der Waals surface area contributed by atoms with Gasteiger partial charge in [-0.2, -0.15) is 5.26 Å². The number of hydrogen-bond donors (Lipinski definition) is 1. The molecule has 1 heterocycles. The fraction of sp³-hybridized carbons (Fsp3) is 0.500. The van der Waals surface area contributed by atoms with Crippen molar-refractivity contribution in [1.82, 2.24) is 10.2 Å². The van der Waals surface area contributed by atoms with Crippen LogP contribution in [0.2, 0.25) is 0 Å². The van der Waals surface area contributed by atoms with Crippen molar-refractivity contribution < 1.29 is 23.9 Å². The van der Waals surface area contributed by atoms with Crippen LogP contribution in [0.15, 0.2) is 24.3 Å². The number of nitriles is 1. The summed E-state index contributed by atoms with van der Waals surface area (Å²) in [6.07, 6.45) is 1.94. The van der Waals surface area contributed by atoms with E-state index in [0.717, 1.165) is 17.7 Å². The molecule has 8 nitrogen and oxygen atoms in total. The van der Waals surface area contributed by atoms with Crippen LogP contribution in [0.3, 0.4) is 0 Å². The van der Waals surface area contributed by atoms with Crippen LogP contribution in [0.5, 0.6) is 0 Å². The maximum atomic E-state index is 12.8. The van der Waals surface area contributed by atoms with Gasteiger partial charge in [-0.1, -0.05) is 26.0 Å². The van der Waals surface area contributed by atoms with E-state index in [0.29, 0.717) is 0 Å². The van der Waals surface area contributed by atoms with Gasteiger partial charge in [0.05, 0.1) is 17.2 Å². The number of ether oxygens (including phenoxy) is 1. The van der Waals surface area contributed by atoms with Crippen molar-refractivity contribution in [2.45, 2.75) is 51.6 Å². The molecule has 0 saturated heterocycles. The Balaban J connectivity index is 1.69. The number of carbonyl (C=O) groups excluding carboxylic acids is 4. The molecule has 1 aliphatic carbocycles. The Kier molecular flexibility index (Phi) is 5.92. The monoisotopic (exact) mass is 411 g/mol. The number of esters is 1. The molecule has 0 radical (unpaired) electrons. The molecule has 0 bridgehead atoms. The van der Waals surface area contributed by atoms with E-state index in [9.17, 15) is 24.4 Å². The number of hydrogen-bond acceptors (Lipinski definition) is 6. The van der Waals surface area contributed by atoms with E-state index in [1.807, 2.05) is 13.8 Å². The molecule has 158 valence electrons. The highest BCUT2D eigenvalue weighted by molar-refractivity contribution is 6.22. The van der Waals surface area contributed by atoms with Crippen LogP contribution < -0.4 is 5.32 Å². The van der Waals surface area contributed by atoms with Gasteiger partial charge in [-0.15, -0.1) is 0 Å². The number of nitrogens with one attached hydrogen (secondary N) is 1. The van der Waals surface area contributed by atoms with Crippen LogP contribution in [0.1, 0.15) is 60.7 Å². The molecule has 1 saturated carbocycles. The zero-order chi connectivity index (χ0) is 22.1. The quantitative estimate of drug-likeness (QED) is 0.517. The van der Waals surface area contributed by atoms with Crippen LogP contribution in [-0.2, 0) is 14.3 Å². The highest BCUT2D eigenvalue weighted by atomic mass is 16.5. The predicted octanol–water partition coefficient (Wildman–Crippen LogP) is 2.05. The number of fused-ring (bicyclic) bond motifs is 1. The van der Waals surface area contributed by atoms with Gasteiger partial charge in [0.25, 0.3) is 17.7 Å². The minimum Gasteiger partial charge on any atom is -0.454 e. The number of rotatable bonds is 8. The van der Waals surface area contributed by atoms with Crippen molar-refractivity contribution in [3.8, 4) is 6.07 Å². The van der Waals surface area contributed by atoms with E-state index in [1.54, 1.807) is 31.2 Å². The second kappa shape index (κ2) is 8.27. The standard InChI is InChI=1S/C22H25N3O5/c1-13(2)10-17(25-19(27)15-6-4-5-7-16(15)20(25)28)21(29)30-11-18(26)24-22(3,12-23)14-8-9-14/h4-7,13-14,17H,8-11H2,1-3H3,(H,24,26)/t17-,22+/m1/s1. The maximum absolute atomic E-state index is 12.8. The molecule has 1 aliphatic heterocycles.